The van der Waals surface area contributed by atoms with Crippen molar-refractivity contribution in [2.24, 2.45) is 0 Å². The summed E-state index contributed by atoms with van der Waals surface area (Å²) in [7, 11) is 0. The molecule has 17 heavy (non-hydrogen) atoms. The minimum absolute atomic E-state index is 0.166. The van der Waals surface area contributed by atoms with E-state index >= 15 is 0 Å². The molecule has 0 fully saturated rings. The van der Waals surface area contributed by atoms with E-state index in [9.17, 15) is 4.39 Å². The van der Waals surface area contributed by atoms with Crippen molar-refractivity contribution in [2.75, 3.05) is 0 Å². The molecule has 0 saturated carbocycles. The molecule has 0 nitrogen and oxygen atoms in total. The van der Waals surface area contributed by atoms with Crippen molar-refractivity contribution in [1.82, 2.24) is 0 Å². The maximum Gasteiger partial charge on any atom is 0.145 e. The van der Waals surface area contributed by atoms with Crippen LogP contribution in [0.5, 0.6) is 0 Å². The number of halogens is 3. The first kappa shape index (κ1) is 12.7. The molecule has 0 heterocycles. The van der Waals surface area contributed by atoms with E-state index in [1.54, 1.807) is 30.0 Å². The molecule has 2 rings (SSSR count). The van der Waals surface area contributed by atoms with Gasteiger partial charge in [-0.2, -0.15) is 0 Å². The second-order valence-corrected chi connectivity index (χ2v) is 5.35. The highest BCUT2D eigenvalue weighted by atomic mass is 35.5. The van der Waals surface area contributed by atoms with Crippen LogP contribution in [-0.2, 0) is 5.75 Å². The highest BCUT2D eigenvalue weighted by Gasteiger charge is 2.06. The van der Waals surface area contributed by atoms with Crippen LogP contribution in [0.15, 0.2) is 47.4 Å². The Balaban J connectivity index is 2.07. The average Bonchev–Trinajstić information content (AvgIpc) is 2.33. The highest BCUT2D eigenvalue weighted by molar-refractivity contribution is 7.98. The van der Waals surface area contributed by atoms with Gasteiger partial charge in [0.05, 0.1) is 5.02 Å². The van der Waals surface area contributed by atoms with Gasteiger partial charge >= 0.3 is 0 Å². The molecule has 0 unspecified atom stereocenters. The molecule has 0 radical (unpaired) electrons. The maximum absolute atomic E-state index is 13.6. The molecular formula is C13H9Cl2FS. The van der Waals surface area contributed by atoms with E-state index in [1.165, 1.54) is 0 Å². The van der Waals surface area contributed by atoms with Crippen molar-refractivity contribution in [1.29, 1.82) is 0 Å². The van der Waals surface area contributed by atoms with Crippen molar-refractivity contribution >= 4 is 35.0 Å². The van der Waals surface area contributed by atoms with Crippen LogP contribution < -0.4 is 0 Å². The maximum atomic E-state index is 13.6. The lowest BCUT2D eigenvalue weighted by atomic mass is 10.2. The highest BCUT2D eigenvalue weighted by Crippen LogP contribution is 2.27. The number of rotatable bonds is 3. The molecule has 0 aliphatic rings. The van der Waals surface area contributed by atoms with E-state index < -0.39 is 0 Å². The van der Waals surface area contributed by atoms with Gasteiger partial charge < -0.3 is 0 Å². The summed E-state index contributed by atoms with van der Waals surface area (Å²) in [5.74, 6) is 0.212. The first-order valence-corrected chi connectivity index (χ1v) is 6.72. The van der Waals surface area contributed by atoms with Crippen LogP contribution >= 0.6 is 35.0 Å². The van der Waals surface area contributed by atoms with E-state index in [0.717, 1.165) is 4.90 Å². The molecular weight excluding hydrogens is 278 g/mol. The fourth-order valence-electron chi connectivity index (χ4n) is 1.35. The van der Waals surface area contributed by atoms with Crippen LogP contribution in [0.4, 0.5) is 4.39 Å². The van der Waals surface area contributed by atoms with Crippen molar-refractivity contribution < 1.29 is 4.39 Å². The van der Waals surface area contributed by atoms with Crippen molar-refractivity contribution in [3.05, 3.63) is 63.9 Å². The second kappa shape index (κ2) is 5.76. The van der Waals surface area contributed by atoms with Gasteiger partial charge in [-0.25, -0.2) is 4.39 Å². The molecule has 0 aliphatic heterocycles. The van der Waals surface area contributed by atoms with E-state index in [1.807, 2.05) is 24.3 Å². The third kappa shape index (κ3) is 3.38. The normalized spacial score (nSPS) is 10.5. The molecule has 0 saturated heterocycles. The zero-order chi connectivity index (χ0) is 12.3. The molecule has 0 atom stereocenters. The zero-order valence-electron chi connectivity index (χ0n) is 8.79. The Labute approximate surface area is 114 Å². The quantitative estimate of drug-likeness (QED) is 0.679. The molecule has 2 aromatic rings. The van der Waals surface area contributed by atoms with Gasteiger partial charge in [-0.3, -0.25) is 0 Å². The molecule has 2 aromatic carbocycles. The standard InChI is InChI=1S/C13H9Cl2FS/c14-10-4-6-11(7-5-10)17-8-9-2-1-3-12(15)13(9)16/h1-7H,8H2. The Bertz CT molecular complexity index is 511. The van der Waals surface area contributed by atoms with Crippen LogP contribution in [0, 0.1) is 5.82 Å². The van der Waals surface area contributed by atoms with Gasteiger partial charge in [-0.05, 0) is 35.9 Å². The fraction of sp³-hybridized carbons (Fsp3) is 0.0769. The summed E-state index contributed by atoms with van der Waals surface area (Å²) in [6.45, 7) is 0. The lowest BCUT2D eigenvalue weighted by Gasteiger charge is -2.04. The second-order valence-electron chi connectivity index (χ2n) is 3.46. The molecule has 0 aromatic heterocycles. The van der Waals surface area contributed by atoms with Gasteiger partial charge in [0.15, 0.2) is 0 Å². The Kier molecular flexibility index (Phi) is 4.32. The largest absolute Gasteiger partial charge is 0.205 e. The summed E-state index contributed by atoms with van der Waals surface area (Å²) < 4.78 is 13.6. The summed E-state index contributed by atoms with van der Waals surface area (Å²) in [6.07, 6.45) is 0. The Morgan fingerprint density at radius 1 is 1.00 bits per heavy atom. The molecule has 0 N–H and O–H groups in total. The number of benzene rings is 2. The number of thioether (sulfide) groups is 1. The molecule has 0 amide bonds. The first-order valence-electron chi connectivity index (χ1n) is 4.98. The smallest absolute Gasteiger partial charge is 0.145 e. The van der Waals surface area contributed by atoms with Gasteiger partial charge in [0.25, 0.3) is 0 Å². The third-order valence-electron chi connectivity index (χ3n) is 2.24. The summed E-state index contributed by atoms with van der Waals surface area (Å²) in [5, 5.41) is 0.863. The predicted molar refractivity (Wildman–Crippen MR) is 72.4 cm³/mol. The van der Waals surface area contributed by atoms with Gasteiger partial charge in [0, 0.05) is 15.7 Å². The Hall–Kier alpha value is -0.700. The van der Waals surface area contributed by atoms with Gasteiger partial charge in [0.1, 0.15) is 5.82 Å². The molecule has 88 valence electrons. The molecule has 0 bridgehead atoms. The SMILES string of the molecule is Fc1c(Cl)cccc1CSc1ccc(Cl)cc1. The number of hydrogen-bond donors (Lipinski definition) is 0. The average molecular weight is 287 g/mol. The minimum Gasteiger partial charge on any atom is -0.205 e. The van der Waals surface area contributed by atoms with E-state index in [0.29, 0.717) is 16.3 Å². The molecule has 0 spiro atoms. The minimum atomic E-state index is -0.337. The third-order valence-corrected chi connectivity index (χ3v) is 3.84. The summed E-state index contributed by atoms with van der Waals surface area (Å²) in [6, 6.07) is 12.5. The summed E-state index contributed by atoms with van der Waals surface area (Å²) in [4.78, 5) is 1.05. The predicted octanol–water partition coefficient (Wildman–Crippen LogP) is 5.42. The van der Waals surface area contributed by atoms with E-state index in [2.05, 4.69) is 0 Å². The van der Waals surface area contributed by atoms with Gasteiger partial charge in [0.2, 0.25) is 0 Å². The Morgan fingerprint density at radius 3 is 2.41 bits per heavy atom. The zero-order valence-corrected chi connectivity index (χ0v) is 11.1. The Morgan fingerprint density at radius 2 is 1.71 bits per heavy atom. The molecule has 0 aliphatic carbocycles. The van der Waals surface area contributed by atoms with Gasteiger partial charge in [-0.15, -0.1) is 11.8 Å². The lowest BCUT2D eigenvalue weighted by Crippen LogP contribution is -1.88. The fourth-order valence-corrected chi connectivity index (χ4v) is 2.55. The van der Waals surface area contributed by atoms with Crippen LogP contribution in [0.2, 0.25) is 10.0 Å². The summed E-state index contributed by atoms with van der Waals surface area (Å²) in [5.41, 5.74) is 0.609. The van der Waals surface area contributed by atoms with Crippen LogP contribution in [0.1, 0.15) is 5.56 Å². The van der Waals surface area contributed by atoms with Crippen molar-refractivity contribution in [3.8, 4) is 0 Å². The van der Waals surface area contributed by atoms with Gasteiger partial charge in [-0.1, -0.05) is 35.3 Å². The van der Waals surface area contributed by atoms with E-state index in [4.69, 9.17) is 23.2 Å². The van der Waals surface area contributed by atoms with Crippen LogP contribution in [0.25, 0.3) is 0 Å². The monoisotopic (exact) mass is 286 g/mol. The number of hydrogen-bond acceptors (Lipinski definition) is 1. The summed E-state index contributed by atoms with van der Waals surface area (Å²) >= 11 is 13.1. The topological polar surface area (TPSA) is 0 Å². The van der Waals surface area contributed by atoms with Crippen molar-refractivity contribution in [3.63, 3.8) is 0 Å². The first-order chi connectivity index (χ1) is 8.16. The van der Waals surface area contributed by atoms with Crippen molar-refractivity contribution in [2.45, 2.75) is 10.6 Å². The molecule has 4 heteroatoms. The van der Waals surface area contributed by atoms with Crippen LogP contribution in [0.3, 0.4) is 0 Å². The lowest BCUT2D eigenvalue weighted by molar-refractivity contribution is 0.618. The van der Waals surface area contributed by atoms with E-state index in [-0.39, 0.29) is 10.8 Å². The van der Waals surface area contributed by atoms with Crippen LogP contribution in [-0.4, -0.2) is 0 Å².